The van der Waals surface area contributed by atoms with E-state index >= 15 is 0 Å². The van der Waals surface area contributed by atoms with E-state index in [2.05, 4.69) is 44.5 Å². The van der Waals surface area contributed by atoms with Crippen LogP contribution in [0.2, 0.25) is 0 Å². The number of aromatic nitrogens is 1. The highest BCUT2D eigenvalue weighted by Gasteiger charge is 2.68. The molecule has 2 fully saturated rings. The maximum Gasteiger partial charge on any atom is 0.305 e. The fourth-order valence-electron chi connectivity index (χ4n) is 5.57. The summed E-state index contributed by atoms with van der Waals surface area (Å²) in [6.07, 6.45) is 5.10. The van der Waals surface area contributed by atoms with Crippen LogP contribution in [0.3, 0.4) is 0 Å². The standard InChI is InChI=1S/C28H39NO5/c1-6-33-24(30)8-7-13-34-20-9-10-23-21(16-20)22(25(31)26-27(2,3)28(26,4)5)18-29(23)17-19-11-14-32-15-12-19/h9-10,16,18-19,26H,6-8,11-15,17H2,1-5H3. The third-order valence-corrected chi connectivity index (χ3v) is 8.30. The molecule has 2 aromatic rings. The molecule has 1 saturated heterocycles. The van der Waals surface area contributed by atoms with E-state index in [1.165, 1.54) is 0 Å². The first-order chi connectivity index (χ1) is 16.2. The van der Waals surface area contributed by atoms with Crippen LogP contribution in [0, 0.1) is 22.7 Å². The van der Waals surface area contributed by atoms with Gasteiger partial charge in [0.15, 0.2) is 5.78 Å². The first-order valence-corrected chi connectivity index (χ1v) is 12.7. The van der Waals surface area contributed by atoms with Crippen LogP contribution in [0.25, 0.3) is 10.9 Å². The summed E-state index contributed by atoms with van der Waals surface area (Å²) in [6.45, 7) is 13.9. The largest absolute Gasteiger partial charge is 0.494 e. The van der Waals surface area contributed by atoms with Crippen molar-refractivity contribution in [1.29, 1.82) is 0 Å². The Labute approximate surface area is 202 Å². The van der Waals surface area contributed by atoms with Gasteiger partial charge in [-0.15, -0.1) is 0 Å². The Morgan fingerprint density at radius 3 is 2.47 bits per heavy atom. The summed E-state index contributed by atoms with van der Waals surface area (Å²) in [6, 6.07) is 6.03. The van der Waals surface area contributed by atoms with Crippen molar-refractivity contribution in [2.75, 3.05) is 26.4 Å². The van der Waals surface area contributed by atoms with Crippen molar-refractivity contribution < 1.29 is 23.8 Å². The smallest absolute Gasteiger partial charge is 0.305 e. The maximum atomic E-state index is 13.7. The summed E-state index contributed by atoms with van der Waals surface area (Å²) in [4.78, 5) is 25.3. The van der Waals surface area contributed by atoms with Gasteiger partial charge < -0.3 is 18.8 Å². The number of ketones is 1. The molecule has 6 heteroatoms. The zero-order valence-electron chi connectivity index (χ0n) is 21.3. The maximum absolute atomic E-state index is 13.7. The van der Waals surface area contributed by atoms with Crippen LogP contribution in [-0.2, 0) is 20.8 Å². The van der Waals surface area contributed by atoms with Gasteiger partial charge in [0.05, 0.1) is 13.2 Å². The molecule has 186 valence electrons. The summed E-state index contributed by atoms with van der Waals surface area (Å²) in [5, 5.41) is 0.957. The zero-order valence-corrected chi connectivity index (χ0v) is 21.3. The van der Waals surface area contributed by atoms with Crippen molar-refractivity contribution in [2.24, 2.45) is 22.7 Å². The topological polar surface area (TPSA) is 66.8 Å². The minimum absolute atomic E-state index is 0.0104. The van der Waals surface area contributed by atoms with Crippen molar-refractivity contribution in [3.8, 4) is 5.75 Å². The summed E-state index contributed by atoms with van der Waals surface area (Å²) in [7, 11) is 0. The van der Waals surface area contributed by atoms with Crippen molar-refractivity contribution in [2.45, 2.75) is 66.8 Å². The highest BCUT2D eigenvalue weighted by Crippen LogP contribution is 2.69. The van der Waals surface area contributed by atoms with Gasteiger partial charge >= 0.3 is 5.97 Å². The number of benzene rings is 1. The Kier molecular flexibility index (Phi) is 7.09. The van der Waals surface area contributed by atoms with Gasteiger partial charge in [-0.05, 0) is 61.1 Å². The molecular weight excluding hydrogens is 430 g/mol. The van der Waals surface area contributed by atoms with E-state index in [9.17, 15) is 9.59 Å². The molecule has 1 aromatic heterocycles. The van der Waals surface area contributed by atoms with E-state index in [-0.39, 0.29) is 28.5 Å². The SMILES string of the molecule is CCOC(=O)CCCOc1ccc2c(c1)c(C(=O)C1C(C)(C)C1(C)C)cn2CC1CCOCC1. The molecule has 1 saturated carbocycles. The second kappa shape index (κ2) is 9.73. The Balaban J connectivity index is 1.57. The molecular formula is C28H39NO5. The molecule has 6 nitrogen and oxygen atoms in total. The van der Waals surface area contributed by atoms with Crippen LogP contribution in [-0.4, -0.2) is 42.7 Å². The monoisotopic (exact) mass is 469 g/mol. The van der Waals surface area contributed by atoms with Crippen LogP contribution in [0.5, 0.6) is 5.75 Å². The van der Waals surface area contributed by atoms with Crippen LogP contribution in [0.4, 0.5) is 0 Å². The number of carbonyl (C=O) groups is 2. The summed E-state index contributed by atoms with van der Waals surface area (Å²) in [5.41, 5.74) is 1.84. The molecule has 0 spiro atoms. The Hall–Kier alpha value is -2.34. The lowest BCUT2D eigenvalue weighted by molar-refractivity contribution is -0.143. The van der Waals surface area contributed by atoms with E-state index in [0.717, 1.165) is 54.8 Å². The van der Waals surface area contributed by atoms with Crippen LogP contribution < -0.4 is 4.74 Å². The van der Waals surface area contributed by atoms with E-state index < -0.39 is 0 Å². The van der Waals surface area contributed by atoms with Crippen molar-refractivity contribution >= 4 is 22.7 Å². The lowest BCUT2D eigenvalue weighted by Gasteiger charge is -2.22. The Morgan fingerprint density at radius 2 is 1.82 bits per heavy atom. The van der Waals surface area contributed by atoms with Gasteiger partial charge in [-0.1, -0.05) is 27.7 Å². The lowest BCUT2D eigenvalue weighted by Crippen LogP contribution is -2.20. The number of rotatable bonds is 10. The second-order valence-corrected chi connectivity index (χ2v) is 10.9. The highest BCUT2D eigenvalue weighted by molar-refractivity contribution is 6.11. The lowest BCUT2D eigenvalue weighted by atomic mass is 10.0. The van der Waals surface area contributed by atoms with Gasteiger partial charge in [-0.3, -0.25) is 9.59 Å². The normalized spacial score (nSPS) is 19.8. The molecule has 1 aromatic carbocycles. The molecule has 1 aliphatic heterocycles. The Bertz CT molecular complexity index is 1030. The number of Topliss-reactive ketones (excluding diaryl/α,β-unsaturated/α-hetero) is 1. The zero-order chi connectivity index (χ0) is 24.5. The number of fused-ring (bicyclic) bond motifs is 1. The third-order valence-electron chi connectivity index (χ3n) is 8.30. The summed E-state index contributed by atoms with van der Waals surface area (Å²) >= 11 is 0. The number of hydrogen-bond acceptors (Lipinski definition) is 5. The van der Waals surface area contributed by atoms with Crippen molar-refractivity contribution in [3.63, 3.8) is 0 Å². The van der Waals surface area contributed by atoms with E-state index in [1.54, 1.807) is 6.92 Å². The predicted octanol–water partition coefficient (Wildman–Crippen LogP) is 5.65. The molecule has 34 heavy (non-hydrogen) atoms. The van der Waals surface area contributed by atoms with Crippen LogP contribution in [0.1, 0.15) is 70.7 Å². The van der Waals surface area contributed by atoms with Gasteiger partial charge in [0.2, 0.25) is 0 Å². The van der Waals surface area contributed by atoms with Gasteiger partial charge in [-0.25, -0.2) is 0 Å². The predicted molar refractivity (Wildman–Crippen MR) is 132 cm³/mol. The molecule has 0 radical (unpaired) electrons. The van der Waals surface area contributed by atoms with E-state index in [4.69, 9.17) is 14.2 Å². The minimum atomic E-state index is -0.200. The van der Waals surface area contributed by atoms with Crippen LogP contribution in [0.15, 0.2) is 24.4 Å². The number of esters is 1. The molecule has 2 aliphatic rings. The summed E-state index contributed by atoms with van der Waals surface area (Å²) in [5.74, 6) is 1.32. The first kappa shape index (κ1) is 24.8. The molecule has 1 aliphatic carbocycles. The molecule has 0 N–H and O–H groups in total. The average molecular weight is 470 g/mol. The molecule has 2 heterocycles. The van der Waals surface area contributed by atoms with Gasteiger partial charge in [0.1, 0.15) is 5.75 Å². The number of nitrogens with zero attached hydrogens (tertiary/aromatic N) is 1. The number of carbonyl (C=O) groups excluding carboxylic acids is 2. The summed E-state index contributed by atoms with van der Waals surface area (Å²) < 4.78 is 18.7. The van der Waals surface area contributed by atoms with E-state index in [1.807, 2.05) is 12.1 Å². The van der Waals surface area contributed by atoms with Gasteiger partial charge in [0.25, 0.3) is 0 Å². The molecule has 0 atom stereocenters. The van der Waals surface area contributed by atoms with Crippen molar-refractivity contribution in [1.82, 2.24) is 4.57 Å². The number of hydrogen-bond donors (Lipinski definition) is 0. The minimum Gasteiger partial charge on any atom is -0.494 e. The quantitative estimate of drug-likeness (QED) is 0.255. The molecule has 0 amide bonds. The molecule has 4 rings (SSSR count). The first-order valence-electron chi connectivity index (χ1n) is 12.7. The van der Waals surface area contributed by atoms with E-state index in [0.29, 0.717) is 32.0 Å². The van der Waals surface area contributed by atoms with Gasteiger partial charge in [-0.2, -0.15) is 0 Å². The fourth-order valence-corrected chi connectivity index (χ4v) is 5.57. The third kappa shape index (κ3) is 4.74. The molecule has 0 bridgehead atoms. The second-order valence-electron chi connectivity index (χ2n) is 10.9. The number of ether oxygens (including phenoxy) is 3. The average Bonchev–Trinajstić information content (AvgIpc) is 3.04. The molecule has 0 unspecified atom stereocenters. The van der Waals surface area contributed by atoms with Gasteiger partial charge in [0, 0.05) is 54.8 Å². The van der Waals surface area contributed by atoms with Crippen molar-refractivity contribution in [3.05, 3.63) is 30.0 Å². The fraction of sp³-hybridized carbons (Fsp3) is 0.643. The Morgan fingerprint density at radius 1 is 1.12 bits per heavy atom. The highest BCUT2D eigenvalue weighted by atomic mass is 16.5. The van der Waals surface area contributed by atoms with Crippen LogP contribution >= 0.6 is 0 Å².